The van der Waals surface area contributed by atoms with Gasteiger partial charge < -0.3 is 9.47 Å². The molecule has 2 aromatic carbocycles. The first-order valence-electron chi connectivity index (χ1n) is 9.93. The third-order valence-electron chi connectivity index (χ3n) is 5.37. The molecule has 4 rings (SSSR count). The van der Waals surface area contributed by atoms with E-state index in [0.29, 0.717) is 6.04 Å². The quantitative estimate of drug-likeness (QED) is 0.392. The number of aromatic nitrogens is 3. The second-order valence-electron chi connectivity index (χ2n) is 7.50. The number of hydrogen-bond acceptors (Lipinski definition) is 3. The van der Waals surface area contributed by atoms with Gasteiger partial charge in [-0.25, -0.2) is 4.98 Å². The highest BCUT2D eigenvalue weighted by Crippen LogP contribution is 2.29. The van der Waals surface area contributed by atoms with Gasteiger partial charge in [0.05, 0.1) is 16.7 Å². The molecule has 0 aliphatic carbocycles. The van der Waals surface area contributed by atoms with Crippen LogP contribution in [0.1, 0.15) is 20.8 Å². The van der Waals surface area contributed by atoms with Gasteiger partial charge in [0.2, 0.25) is 5.95 Å². The number of anilines is 1. The number of pyridine rings is 1. The normalized spacial score (nSPS) is 11.4. The molecular formula is C24H25ClN4. The van der Waals surface area contributed by atoms with Gasteiger partial charge in [-0.15, -0.1) is 0 Å². The van der Waals surface area contributed by atoms with Crippen molar-refractivity contribution in [2.75, 3.05) is 11.9 Å². The van der Waals surface area contributed by atoms with Crippen molar-refractivity contribution in [1.82, 2.24) is 14.5 Å². The van der Waals surface area contributed by atoms with Crippen LogP contribution in [0.4, 0.5) is 5.95 Å². The Hall–Kier alpha value is -2.85. The van der Waals surface area contributed by atoms with Gasteiger partial charge in [-0.1, -0.05) is 35.9 Å². The lowest BCUT2D eigenvalue weighted by atomic mass is 10.1. The molecule has 29 heavy (non-hydrogen) atoms. The molecule has 0 saturated carbocycles. The van der Waals surface area contributed by atoms with E-state index in [1.54, 1.807) is 0 Å². The topological polar surface area (TPSA) is 34.0 Å². The minimum atomic E-state index is 0.388. The summed E-state index contributed by atoms with van der Waals surface area (Å²) in [5.41, 5.74) is 6.33. The summed E-state index contributed by atoms with van der Waals surface area (Å²) in [5, 5.41) is 0.737. The molecule has 0 unspecified atom stereocenters. The van der Waals surface area contributed by atoms with Gasteiger partial charge in [0.1, 0.15) is 0 Å². The Morgan fingerprint density at radius 2 is 1.66 bits per heavy atom. The molecule has 0 radical (unpaired) electrons. The predicted octanol–water partition coefficient (Wildman–Crippen LogP) is 6.28. The maximum atomic E-state index is 5.99. The molecule has 0 aliphatic rings. The zero-order valence-corrected chi connectivity index (χ0v) is 18.0. The molecule has 4 nitrogen and oxygen atoms in total. The molecular weight excluding hydrogens is 380 g/mol. The summed E-state index contributed by atoms with van der Waals surface area (Å²) in [5.74, 6) is 1.00. The minimum absolute atomic E-state index is 0.388. The molecule has 0 saturated heterocycles. The van der Waals surface area contributed by atoms with Crippen molar-refractivity contribution in [1.29, 1.82) is 0 Å². The number of aryl methyl sites for hydroxylation is 1. The predicted molar refractivity (Wildman–Crippen MR) is 123 cm³/mol. The first kappa shape index (κ1) is 19.5. The van der Waals surface area contributed by atoms with E-state index in [9.17, 15) is 0 Å². The van der Waals surface area contributed by atoms with Gasteiger partial charge in [-0.05, 0) is 56.7 Å². The van der Waals surface area contributed by atoms with Crippen LogP contribution in [0.15, 0.2) is 60.8 Å². The Morgan fingerprint density at radius 1 is 0.966 bits per heavy atom. The molecule has 4 aromatic rings. The van der Waals surface area contributed by atoms with Gasteiger partial charge >= 0.3 is 0 Å². The van der Waals surface area contributed by atoms with Crippen LogP contribution in [0.3, 0.4) is 0 Å². The number of imidazole rings is 1. The van der Waals surface area contributed by atoms with Crippen LogP contribution in [0, 0.1) is 0 Å². The van der Waals surface area contributed by atoms with Crippen molar-refractivity contribution >= 4 is 28.6 Å². The van der Waals surface area contributed by atoms with Crippen molar-refractivity contribution in [3.8, 4) is 22.4 Å². The first-order valence-corrected chi connectivity index (χ1v) is 10.3. The fourth-order valence-corrected chi connectivity index (χ4v) is 3.59. The molecule has 0 bridgehead atoms. The summed E-state index contributed by atoms with van der Waals surface area (Å²) >= 11 is 5.99. The molecule has 0 N–H and O–H groups in total. The van der Waals surface area contributed by atoms with Crippen molar-refractivity contribution in [3.63, 3.8) is 0 Å². The number of nitrogens with zero attached hydrogens (tertiary/aromatic N) is 4. The maximum absolute atomic E-state index is 5.99. The van der Waals surface area contributed by atoms with Gasteiger partial charge in [-0.3, -0.25) is 4.98 Å². The lowest BCUT2D eigenvalue weighted by Gasteiger charge is -2.23. The molecule has 2 aromatic heterocycles. The van der Waals surface area contributed by atoms with Crippen LogP contribution in [0.5, 0.6) is 0 Å². The molecule has 2 heterocycles. The highest BCUT2D eigenvalue weighted by Gasteiger charge is 2.16. The van der Waals surface area contributed by atoms with E-state index < -0.39 is 0 Å². The number of halogens is 1. The van der Waals surface area contributed by atoms with Crippen LogP contribution in [-0.2, 0) is 6.54 Å². The van der Waals surface area contributed by atoms with Gasteiger partial charge in [-0.2, -0.15) is 0 Å². The van der Waals surface area contributed by atoms with Crippen molar-refractivity contribution < 1.29 is 0 Å². The molecule has 0 amide bonds. The van der Waals surface area contributed by atoms with Crippen LogP contribution >= 0.6 is 11.6 Å². The first-order chi connectivity index (χ1) is 14.0. The summed E-state index contributed by atoms with van der Waals surface area (Å²) in [6.07, 6.45) is 1.91. The van der Waals surface area contributed by atoms with Crippen LogP contribution in [-0.4, -0.2) is 27.6 Å². The van der Waals surface area contributed by atoms with Crippen LogP contribution in [0.2, 0.25) is 5.02 Å². The average molecular weight is 405 g/mol. The molecule has 0 atom stereocenters. The van der Waals surface area contributed by atoms with Gasteiger partial charge in [0, 0.05) is 42.0 Å². The van der Waals surface area contributed by atoms with Crippen LogP contribution in [0.25, 0.3) is 33.4 Å². The van der Waals surface area contributed by atoms with E-state index in [-0.39, 0.29) is 0 Å². The summed E-state index contributed by atoms with van der Waals surface area (Å²) < 4.78 is 2.26. The highest BCUT2D eigenvalue weighted by molar-refractivity contribution is 6.30. The lowest BCUT2D eigenvalue weighted by Crippen LogP contribution is -2.28. The molecule has 5 heteroatoms. The number of rotatable bonds is 5. The molecule has 0 aliphatic heterocycles. The monoisotopic (exact) mass is 404 g/mol. The zero-order valence-electron chi connectivity index (χ0n) is 17.2. The second kappa shape index (κ2) is 7.88. The standard InChI is InChI=1S/C24H25ClN4/c1-5-29-23-13-9-18(14-22(23)27-24(29)28(4)16(2)3)21-12-8-19(15-26-21)17-6-10-20(25)11-7-17/h6-16H,5H2,1-4H3. The van der Waals surface area contributed by atoms with E-state index >= 15 is 0 Å². The lowest BCUT2D eigenvalue weighted by molar-refractivity contribution is 0.684. The Morgan fingerprint density at radius 3 is 2.28 bits per heavy atom. The zero-order chi connectivity index (χ0) is 20.5. The third kappa shape index (κ3) is 3.73. The fraction of sp³-hybridized carbons (Fsp3) is 0.250. The Labute approximate surface area is 176 Å². The smallest absolute Gasteiger partial charge is 0.206 e. The summed E-state index contributed by atoms with van der Waals surface area (Å²) in [7, 11) is 2.09. The van der Waals surface area contributed by atoms with E-state index in [2.05, 4.69) is 72.6 Å². The third-order valence-corrected chi connectivity index (χ3v) is 5.62. The summed E-state index contributed by atoms with van der Waals surface area (Å²) in [4.78, 5) is 11.8. The average Bonchev–Trinajstić information content (AvgIpc) is 3.11. The Balaban J connectivity index is 1.70. The Kier molecular flexibility index (Phi) is 5.29. The number of benzene rings is 2. The van der Waals surface area contributed by atoms with Crippen molar-refractivity contribution in [2.24, 2.45) is 0 Å². The summed E-state index contributed by atoms with van der Waals surface area (Å²) in [6.45, 7) is 7.40. The van der Waals surface area contributed by atoms with E-state index in [1.165, 1.54) is 0 Å². The highest BCUT2D eigenvalue weighted by atomic mass is 35.5. The minimum Gasteiger partial charge on any atom is -0.343 e. The largest absolute Gasteiger partial charge is 0.343 e. The molecule has 0 fully saturated rings. The van der Waals surface area contributed by atoms with Crippen molar-refractivity contribution in [2.45, 2.75) is 33.4 Å². The molecule has 0 spiro atoms. The molecule has 148 valence electrons. The van der Waals surface area contributed by atoms with Gasteiger partial charge in [0.25, 0.3) is 0 Å². The summed E-state index contributed by atoms with van der Waals surface area (Å²) in [6, 6.07) is 18.8. The number of fused-ring (bicyclic) bond motifs is 1. The maximum Gasteiger partial charge on any atom is 0.206 e. The second-order valence-corrected chi connectivity index (χ2v) is 7.94. The van der Waals surface area contributed by atoms with E-state index in [1.807, 2.05) is 30.5 Å². The number of hydrogen-bond donors (Lipinski definition) is 0. The van der Waals surface area contributed by atoms with E-state index in [0.717, 1.165) is 50.9 Å². The van der Waals surface area contributed by atoms with E-state index in [4.69, 9.17) is 16.6 Å². The van der Waals surface area contributed by atoms with Crippen LogP contribution < -0.4 is 4.90 Å². The van der Waals surface area contributed by atoms with Crippen molar-refractivity contribution in [3.05, 3.63) is 65.8 Å². The van der Waals surface area contributed by atoms with Gasteiger partial charge in [0.15, 0.2) is 0 Å². The fourth-order valence-electron chi connectivity index (χ4n) is 3.47. The Bertz CT molecular complexity index is 1130. The SMILES string of the molecule is CCn1c(N(C)C(C)C)nc2cc(-c3ccc(-c4ccc(Cl)cc4)cn3)ccc21.